The van der Waals surface area contributed by atoms with Crippen LogP contribution in [0.2, 0.25) is 0 Å². The van der Waals surface area contributed by atoms with E-state index in [2.05, 4.69) is 0 Å². The van der Waals surface area contributed by atoms with Gasteiger partial charge in [-0.3, -0.25) is 4.79 Å². The van der Waals surface area contributed by atoms with Gasteiger partial charge in [0.15, 0.2) is 0 Å². The number of nitrogens with zero attached hydrogens (tertiary/aromatic N) is 1. The number of rotatable bonds is 4. The molecule has 4 heteroatoms. The Morgan fingerprint density at radius 1 is 1.47 bits per heavy atom. The van der Waals surface area contributed by atoms with Crippen molar-refractivity contribution in [3.8, 4) is 0 Å². The monoisotopic (exact) mass is 208 g/mol. The Kier molecular flexibility index (Phi) is 3.97. The third kappa shape index (κ3) is 3.16. The quantitative estimate of drug-likeness (QED) is 0.598. The van der Waals surface area contributed by atoms with Gasteiger partial charge in [-0.25, -0.2) is 0 Å². The van der Waals surface area contributed by atoms with Crippen molar-refractivity contribution in [2.24, 2.45) is 0 Å². The van der Waals surface area contributed by atoms with E-state index in [1.807, 2.05) is 25.2 Å². The molecule has 0 atom stereocenters. The highest BCUT2D eigenvalue weighted by atomic mass is 16.5. The van der Waals surface area contributed by atoms with Gasteiger partial charge in [-0.1, -0.05) is 12.1 Å². The standard InChI is InChI=1S/C11H16N2O2/c1-3-15-11(14)8-13(2)10-7-5-4-6-9(10)12/h4-7H,3,8,12H2,1-2H3. The van der Waals surface area contributed by atoms with Crippen molar-refractivity contribution in [3.05, 3.63) is 24.3 Å². The third-order valence-electron chi connectivity index (χ3n) is 2.02. The smallest absolute Gasteiger partial charge is 0.325 e. The van der Waals surface area contributed by atoms with Crippen LogP contribution >= 0.6 is 0 Å². The Hall–Kier alpha value is -1.71. The zero-order chi connectivity index (χ0) is 11.3. The molecule has 0 saturated carbocycles. The molecule has 0 bridgehead atoms. The second-order valence-corrected chi connectivity index (χ2v) is 3.22. The number of hydrogen-bond donors (Lipinski definition) is 1. The highest BCUT2D eigenvalue weighted by molar-refractivity contribution is 5.78. The lowest BCUT2D eigenvalue weighted by atomic mass is 10.2. The van der Waals surface area contributed by atoms with Crippen molar-refractivity contribution in [3.63, 3.8) is 0 Å². The summed E-state index contributed by atoms with van der Waals surface area (Å²) in [6, 6.07) is 7.41. The van der Waals surface area contributed by atoms with Crippen LogP contribution in [-0.2, 0) is 9.53 Å². The fraction of sp³-hybridized carbons (Fsp3) is 0.364. The molecular formula is C11H16N2O2. The van der Waals surface area contributed by atoms with Crippen LogP contribution < -0.4 is 10.6 Å². The first kappa shape index (κ1) is 11.4. The van der Waals surface area contributed by atoms with E-state index in [0.717, 1.165) is 5.69 Å². The molecule has 0 heterocycles. The summed E-state index contributed by atoms with van der Waals surface area (Å²) in [6.45, 7) is 2.40. The van der Waals surface area contributed by atoms with Gasteiger partial charge in [0, 0.05) is 7.05 Å². The summed E-state index contributed by atoms with van der Waals surface area (Å²) in [5.74, 6) is -0.247. The van der Waals surface area contributed by atoms with E-state index in [4.69, 9.17) is 10.5 Å². The minimum absolute atomic E-state index is 0.210. The Bertz CT molecular complexity index is 339. The molecule has 2 N–H and O–H groups in total. The summed E-state index contributed by atoms with van der Waals surface area (Å²) in [4.78, 5) is 13.0. The molecule has 0 amide bonds. The fourth-order valence-corrected chi connectivity index (χ4v) is 1.32. The van der Waals surface area contributed by atoms with E-state index in [-0.39, 0.29) is 12.5 Å². The molecule has 1 aromatic rings. The van der Waals surface area contributed by atoms with E-state index in [1.165, 1.54) is 0 Å². The summed E-state index contributed by atoms with van der Waals surface area (Å²) >= 11 is 0. The van der Waals surface area contributed by atoms with Crippen molar-refractivity contribution in [2.45, 2.75) is 6.92 Å². The first-order valence-corrected chi connectivity index (χ1v) is 4.86. The fourth-order valence-electron chi connectivity index (χ4n) is 1.32. The Balaban J connectivity index is 2.65. The first-order valence-electron chi connectivity index (χ1n) is 4.86. The first-order chi connectivity index (χ1) is 7.15. The molecule has 0 aliphatic rings. The van der Waals surface area contributed by atoms with E-state index >= 15 is 0 Å². The highest BCUT2D eigenvalue weighted by Gasteiger charge is 2.09. The van der Waals surface area contributed by atoms with Crippen LogP contribution in [0.1, 0.15) is 6.92 Å². The molecule has 0 fully saturated rings. The molecule has 0 spiro atoms. The van der Waals surface area contributed by atoms with Crippen LogP contribution in [0.15, 0.2) is 24.3 Å². The van der Waals surface area contributed by atoms with Crippen molar-refractivity contribution in [2.75, 3.05) is 30.8 Å². The number of nitrogen functional groups attached to an aromatic ring is 1. The number of nitrogens with two attached hydrogens (primary N) is 1. The van der Waals surface area contributed by atoms with Gasteiger partial charge < -0.3 is 15.4 Å². The van der Waals surface area contributed by atoms with Crippen molar-refractivity contribution in [1.29, 1.82) is 0 Å². The van der Waals surface area contributed by atoms with Crippen molar-refractivity contribution in [1.82, 2.24) is 0 Å². The molecule has 0 radical (unpaired) electrons. The predicted octanol–water partition coefficient (Wildman–Crippen LogP) is 1.27. The van der Waals surface area contributed by atoms with Gasteiger partial charge in [0.1, 0.15) is 6.54 Å². The maximum atomic E-state index is 11.2. The van der Waals surface area contributed by atoms with Crippen LogP contribution in [0, 0.1) is 0 Å². The number of para-hydroxylation sites is 2. The lowest BCUT2D eigenvalue weighted by Crippen LogP contribution is -2.27. The Morgan fingerprint density at radius 2 is 2.13 bits per heavy atom. The van der Waals surface area contributed by atoms with Gasteiger partial charge in [-0.2, -0.15) is 0 Å². The zero-order valence-corrected chi connectivity index (χ0v) is 9.06. The molecule has 0 aliphatic heterocycles. The van der Waals surface area contributed by atoms with Gasteiger partial charge in [0.25, 0.3) is 0 Å². The summed E-state index contributed by atoms with van der Waals surface area (Å²) < 4.78 is 4.85. The second-order valence-electron chi connectivity index (χ2n) is 3.22. The lowest BCUT2D eigenvalue weighted by Gasteiger charge is -2.19. The molecule has 0 aliphatic carbocycles. The van der Waals surface area contributed by atoms with Crippen LogP contribution in [0.3, 0.4) is 0 Å². The Morgan fingerprint density at radius 3 is 2.73 bits per heavy atom. The van der Waals surface area contributed by atoms with Gasteiger partial charge in [0.2, 0.25) is 0 Å². The topological polar surface area (TPSA) is 55.6 Å². The molecule has 15 heavy (non-hydrogen) atoms. The number of carbonyl (C=O) groups excluding carboxylic acids is 1. The molecular weight excluding hydrogens is 192 g/mol. The van der Waals surface area contributed by atoms with Crippen LogP contribution in [0.25, 0.3) is 0 Å². The molecule has 4 nitrogen and oxygen atoms in total. The largest absolute Gasteiger partial charge is 0.465 e. The zero-order valence-electron chi connectivity index (χ0n) is 9.06. The number of benzene rings is 1. The number of ether oxygens (including phenoxy) is 1. The molecule has 0 unspecified atom stereocenters. The molecule has 82 valence electrons. The van der Waals surface area contributed by atoms with Gasteiger partial charge >= 0.3 is 5.97 Å². The molecule has 0 aromatic heterocycles. The minimum Gasteiger partial charge on any atom is -0.465 e. The minimum atomic E-state index is -0.247. The number of esters is 1. The summed E-state index contributed by atoms with van der Waals surface area (Å²) in [5.41, 5.74) is 7.27. The summed E-state index contributed by atoms with van der Waals surface area (Å²) in [5, 5.41) is 0. The SMILES string of the molecule is CCOC(=O)CN(C)c1ccccc1N. The molecule has 1 aromatic carbocycles. The number of anilines is 2. The van der Waals surface area contributed by atoms with Crippen LogP contribution in [0.4, 0.5) is 11.4 Å². The van der Waals surface area contributed by atoms with Gasteiger partial charge in [-0.15, -0.1) is 0 Å². The maximum Gasteiger partial charge on any atom is 0.325 e. The third-order valence-corrected chi connectivity index (χ3v) is 2.02. The van der Waals surface area contributed by atoms with Gasteiger partial charge in [-0.05, 0) is 19.1 Å². The number of hydrogen-bond acceptors (Lipinski definition) is 4. The highest BCUT2D eigenvalue weighted by Crippen LogP contribution is 2.20. The lowest BCUT2D eigenvalue weighted by molar-refractivity contribution is -0.141. The van der Waals surface area contributed by atoms with Crippen molar-refractivity contribution < 1.29 is 9.53 Å². The number of carbonyl (C=O) groups is 1. The number of likely N-dealkylation sites (N-methyl/N-ethyl adjacent to an activating group) is 1. The van der Waals surface area contributed by atoms with E-state index in [0.29, 0.717) is 12.3 Å². The van der Waals surface area contributed by atoms with E-state index in [9.17, 15) is 4.79 Å². The van der Waals surface area contributed by atoms with Crippen LogP contribution in [-0.4, -0.2) is 26.2 Å². The average Bonchev–Trinajstić information content (AvgIpc) is 2.18. The molecule has 0 saturated heterocycles. The van der Waals surface area contributed by atoms with Crippen molar-refractivity contribution >= 4 is 17.3 Å². The second kappa shape index (κ2) is 5.24. The average molecular weight is 208 g/mol. The van der Waals surface area contributed by atoms with E-state index in [1.54, 1.807) is 17.9 Å². The predicted molar refractivity (Wildman–Crippen MR) is 60.8 cm³/mol. The normalized spacial score (nSPS) is 9.73. The van der Waals surface area contributed by atoms with E-state index < -0.39 is 0 Å². The Labute approximate surface area is 89.6 Å². The van der Waals surface area contributed by atoms with Crippen LogP contribution in [0.5, 0.6) is 0 Å². The summed E-state index contributed by atoms with van der Waals surface area (Å²) in [6.07, 6.45) is 0. The van der Waals surface area contributed by atoms with Gasteiger partial charge in [0.05, 0.1) is 18.0 Å². The summed E-state index contributed by atoms with van der Waals surface area (Å²) in [7, 11) is 1.81. The maximum absolute atomic E-state index is 11.2. The molecule has 1 rings (SSSR count).